The number of anilines is 3. The minimum atomic E-state index is 0.801. The minimum Gasteiger partial charge on any atom is -0.291 e. The van der Waals surface area contributed by atoms with Crippen molar-refractivity contribution in [3.05, 3.63) is 146 Å². The Morgan fingerprint density at radius 1 is 0.409 bits per heavy atom. The van der Waals surface area contributed by atoms with E-state index in [0.717, 1.165) is 45.1 Å². The summed E-state index contributed by atoms with van der Waals surface area (Å²) in [5.41, 5.74) is 8.59. The molecule has 1 aliphatic rings. The van der Waals surface area contributed by atoms with Crippen LogP contribution >= 0.6 is 0 Å². The van der Waals surface area contributed by atoms with Crippen molar-refractivity contribution in [3.63, 3.8) is 0 Å². The van der Waals surface area contributed by atoms with Crippen molar-refractivity contribution in [1.29, 1.82) is 0 Å². The lowest BCUT2D eigenvalue weighted by Gasteiger charge is -2.34. The highest BCUT2D eigenvalue weighted by molar-refractivity contribution is 6.19. The molecule has 4 heteroatoms. The molecule has 3 heterocycles. The Bertz CT molecular complexity index is 2570. The summed E-state index contributed by atoms with van der Waals surface area (Å²) < 4.78 is 2.30. The van der Waals surface area contributed by atoms with E-state index < -0.39 is 0 Å². The number of para-hydroxylation sites is 4. The van der Waals surface area contributed by atoms with Gasteiger partial charge in [-0.15, -0.1) is 0 Å². The van der Waals surface area contributed by atoms with Crippen molar-refractivity contribution < 1.29 is 0 Å². The second-order valence-electron chi connectivity index (χ2n) is 11.4. The van der Waals surface area contributed by atoms with E-state index in [1.54, 1.807) is 0 Å². The highest BCUT2D eigenvalue weighted by Crippen LogP contribution is 2.54. The predicted molar refractivity (Wildman–Crippen MR) is 183 cm³/mol. The number of rotatable bonds is 2. The first-order chi connectivity index (χ1) is 21.8. The van der Waals surface area contributed by atoms with Gasteiger partial charge >= 0.3 is 0 Å². The van der Waals surface area contributed by atoms with Crippen LogP contribution in [0.4, 0.5) is 17.2 Å². The average Bonchev–Trinajstić information content (AvgIpc) is 3.42. The second kappa shape index (κ2) is 8.76. The van der Waals surface area contributed by atoms with Crippen molar-refractivity contribution in [2.75, 3.05) is 4.90 Å². The van der Waals surface area contributed by atoms with Crippen LogP contribution in [0.3, 0.4) is 0 Å². The van der Waals surface area contributed by atoms with Crippen molar-refractivity contribution >= 4 is 71.6 Å². The first kappa shape index (κ1) is 23.6. The lowest BCUT2D eigenvalue weighted by Crippen LogP contribution is -2.20. The zero-order valence-electron chi connectivity index (χ0n) is 23.6. The Morgan fingerprint density at radius 3 is 1.75 bits per heavy atom. The molecule has 0 saturated carbocycles. The van der Waals surface area contributed by atoms with Gasteiger partial charge in [0, 0.05) is 27.1 Å². The Morgan fingerprint density at radius 2 is 1.00 bits per heavy atom. The maximum atomic E-state index is 5.48. The average molecular weight is 561 g/mol. The van der Waals surface area contributed by atoms with E-state index in [1.807, 2.05) is 12.1 Å². The number of benzene rings is 7. The largest absolute Gasteiger partial charge is 0.291 e. The van der Waals surface area contributed by atoms with Crippen LogP contribution < -0.4 is 4.90 Å². The SMILES string of the molecule is c1ccc2c3c(ccc2c1)-c1cccc2cccc(c12)N3c1nc2ccccc2nc1-n1c2ccccc2c2ccccc21. The van der Waals surface area contributed by atoms with Crippen LogP contribution in [0, 0.1) is 0 Å². The Kier molecular flexibility index (Phi) is 4.69. The number of hydrogen-bond donors (Lipinski definition) is 0. The number of nitrogens with zero attached hydrogens (tertiary/aromatic N) is 4. The molecule has 0 spiro atoms. The third kappa shape index (κ3) is 3.11. The first-order valence-electron chi connectivity index (χ1n) is 14.9. The molecule has 10 rings (SSSR count). The predicted octanol–water partition coefficient (Wildman–Crippen LogP) is 10.5. The fourth-order valence-corrected chi connectivity index (χ4v) is 7.22. The molecule has 0 amide bonds. The Balaban J connectivity index is 1.42. The molecule has 1 aliphatic heterocycles. The lowest BCUT2D eigenvalue weighted by molar-refractivity contribution is 1.05. The van der Waals surface area contributed by atoms with Crippen molar-refractivity contribution in [3.8, 4) is 16.9 Å². The molecule has 0 N–H and O–H groups in total. The third-order valence-corrected chi connectivity index (χ3v) is 9.08. The van der Waals surface area contributed by atoms with Crippen molar-refractivity contribution in [1.82, 2.24) is 14.5 Å². The summed E-state index contributed by atoms with van der Waals surface area (Å²) >= 11 is 0. The third-order valence-electron chi connectivity index (χ3n) is 9.08. The monoisotopic (exact) mass is 560 g/mol. The van der Waals surface area contributed by atoms with Crippen LogP contribution in [0.2, 0.25) is 0 Å². The normalized spacial score (nSPS) is 12.5. The van der Waals surface area contributed by atoms with Gasteiger partial charge < -0.3 is 0 Å². The van der Waals surface area contributed by atoms with E-state index in [4.69, 9.17) is 9.97 Å². The highest BCUT2D eigenvalue weighted by Gasteiger charge is 2.31. The van der Waals surface area contributed by atoms with Crippen molar-refractivity contribution in [2.24, 2.45) is 0 Å². The molecule has 0 atom stereocenters. The Labute approximate surface area is 253 Å². The molecule has 4 nitrogen and oxygen atoms in total. The van der Waals surface area contributed by atoms with Gasteiger partial charge in [0.05, 0.1) is 33.4 Å². The van der Waals surface area contributed by atoms with E-state index in [9.17, 15) is 0 Å². The van der Waals surface area contributed by atoms with Crippen LogP contribution in [0.25, 0.3) is 71.3 Å². The van der Waals surface area contributed by atoms with Crippen LogP contribution in [-0.2, 0) is 0 Å². The number of aromatic nitrogens is 3. The molecule has 2 aromatic heterocycles. The van der Waals surface area contributed by atoms with Gasteiger partial charge in [-0.1, -0.05) is 115 Å². The molecule has 0 unspecified atom stereocenters. The summed E-state index contributed by atoms with van der Waals surface area (Å²) in [6, 6.07) is 51.7. The van der Waals surface area contributed by atoms with Crippen molar-refractivity contribution in [2.45, 2.75) is 0 Å². The molecule has 0 aliphatic carbocycles. The van der Waals surface area contributed by atoms with Crippen LogP contribution in [0.1, 0.15) is 0 Å². The smallest absolute Gasteiger partial charge is 0.182 e. The highest BCUT2D eigenvalue weighted by atomic mass is 15.3. The van der Waals surface area contributed by atoms with Crippen LogP contribution in [-0.4, -0.2) is 14.5 Å². The molecule has 44 heavy (non-hydrogen) atoms. The van der Waals surface area contributed by atoms with Gasteiger partial charge in [-0.2, -0.15) is 0 Å². The van der Waals surface area contributed by atoms with Gasteiger partial charge in [-0.05, 0) is 46.7 Å². The van der Waals surface area contributed by atoms with E-state index in [1.165, 1.54) is 43.4 Å². The number of hydrogen-bond acceptors (Lipinski definition) is 3. The van der Waals surface area contributed by atoms with Crippen LogP contribution in [0.15, 0.2) is 146 Å². The lowest BCUT2D eigenvalue weighted by atomic mass is 9.89. The molecular weight excluding hydrogens is 536 g/mol. The fraction of sp³-hybridized carbons (Fsp3) is 0. The molecule has 7 aromatic carbocycles. The van der Waals surface area contributed by atoms with E-state index in [0.29, 0.717) is 0 Å². The zero-order chi connectivity index (χ0) is 28.8. The molecule has 0 radical (unpaired) electrons. The van der Waals surface area contributed by atoms with Gasteiger partial charge in [-0.25, -0.2) is 9.97 Å². The summed E-state index contributed by atoms with van der Waals surface area (Å²) in [6.45, 7) is 0. The zero-order valence-corrected chi connectivity index (χ0v) is 23.6. The quantitative estimate of drug-likeness (QED) is 0.211. The van der Waals surface area contributed by atoms with Gasteiger partial charge in [0.15, 0.2) is 11.6 Å². The minimum absolute atomic E-state index is 0.801. The van der Waals surface area contributed by atoms with Crippen LogP contribution in [0.5, 0.6) is 0 Å². The molecule has 204 valence electrons. The maximum absolute atomic E-state index is 5.48. The van der Waals surface area contributed by atoms with Gasteiger partial charge in [-0.3, -0.25) is 9.47 Å². The molecule has 9 aromatic rings. The van der Waals surface area contributed by atoms with Gasteiger partial charge in [0.2, 0.25) is 0 Å². The summed E-state index contributed by atoms with van der Waals surface area (Å²) in [6.07, 6.45) is 0. The fourth-order valence-electron chi connectivity index (χ4n) is 7.22. The summed E-state index contributed by atoms with van der Waals surface area (Å²) in [7, 11) is 0. The molecule has 0 bridgehead atoms. The molecular formula is C40H24N4. The van der Waals surface area contributed by atoms with E-state index in [-0.39, 0.29) is 0 Å². The molecule has 0 saturated heterocycles. The summed E-state index contributed by atoms with van der Waals surface area (Å²) in [5, 5.41) is 7.19. The molecule has 0 fully saturated rings. The number of fused-ring (bicyclic) bond motifs is 8. The second-order valence-corrected chi connectivity index (χ2v) is 11.4. The van der Waals surface area contributed by atoms with E-state index >= 15 is 0 Å². The maximum Gasteiger partial charge on any atom is 0.182 e. The first-order valence-corrected chi connectivity index (χ1v) is 14.9. The topological polar surface area (TPSA) is 34.0 Å². The van der Waals surface area contributed by atoms with Gasteiger partial charge in [0.25, 0.3) is 0 Å². The Hall–Kier alpha value is -6.00. The standard InChI is InChI=1S/C40H24N4/c1-2-14-27-25(11-1)23-24-31-30-17-9-12-26-13-10-22-36(37(26)30)44(38(27)31)40-39(41-32-18-5-6-19-33(32)42-40)43-34-20-7-3-15-28(34)29-16-4-8-21-35(29)43/h1-24H. The van der Waals surface area contributed by atoms with Gasteiger partial charge in [0.1, 0.15) is 0 Å². The summed E-state index contributed by atoms with van der Waals surface area (Å²) in [5.74, 6) is 1.60. The van der Waals surface area contributed by atoms with E-state index in [2.05, 4.69) is 143 Å². The summed E-state index contributed by atoms with van der Waals surface area (Å²) in [4.78, 5) is 13.3.